The van der Waals surface area contributed by atoms with Gasteiger partial charge in [0.25, 0.3) is 5.91 Å². The van der Waals surface area contributed by atoms with E-state index >= 15 is 0 Å². The van der Waals surface area contributed by atoms with E-state index in [9.17, 15) is 9.59 Å². The SMILES string of the molecule is CC1=C(C(=O)Nc2cccc(C)n2)[C@@H](c2ccccc2)[C@@H]2C(=O)C[C@@H](C)CC2=N1. The molecule has 1 aromatic heterocycles. The van der Waals surface area contributed by atoms with E-state index < -0.39 is 0 Å². The number of hydrogen-bond donors (Lipinski definition) is 1. The van der Waals surface area contributed by atoms with Crippen LogP contribution in [0.5, 0.6) is 0 Å². The molecule has 4 rings (SSSR count). The third kappa shape index (κ3) is 3.77. The van der Waals surface area contributed by atoms with Crippen LogP contribution in [0.4, 0.5) is 5.82 Å². The van der Waals surface area contributed by atoms with Gasteiger partial charge in [-0.05, 0) is 43.9 Å². The van der Waals surface area contributed by atoms with E-state index in [-0.39, 0.29) is 29.4 Å². The summed E-state index contributed by atoms with van der Waals surface area (Å²) < 4.78 is 0. The highest BCUT2D eigenvalue weighted by Gasteiger charge is 2.44. The molecule has 1 aromatic carbocycles. The summed E-state index contributed by atoms with van der Waals surface area (Å²) in [5.41, 5.74) is 3.93. The Kier molecular flexibility index (Phi) is 5.14. The van der Waals surface area contributed by atoms with Crippen molar-refractivity contribution >= 4 is 23.2 Å². The van der Waals surface area contributed by atoms with Gasteiger partial charge in [-0.25, -0.2) is 4.98 Å². The number of ketones is 1. The average molecular weight is 387 g/mol. The summed E-state index contributed by atoms with van der Waals surface area (Å²) in [5, 5.41) is 2.91. The summed E-state index contributed by atoms with van der Waals surface area (Å²) in [6.07, 6.45) is 1.33. The molecular formula is C24H25N3O2. The Hall–Kier alpha value is -3.08. The van der Waals surface area contributed by atoms with Gasteiger partial charge in [0, 0.05) is 35.0 Å². The molecule has 5 heteroatoms. The van der Waals surface area contributed by atoms with Gasteiger partial charge >= 0.3 is 0 Å². The van der Waals surface area contributed by atoms with Crippen molar-refractivity contribution in [2.24, 2.45) is 16.8 Å². The van der Waals surface area contributed by atoms with Crippen LogP contribution >= 0.6 is 0 Å². The first kappa shape index (κ1) is 19.2. The number of amides is 1. The van der Waals surface area contributed by atoms with Gasteiger partial charge in [0.05, 0.1) is 5.92 Å². The van der Waals surface area contributed by atoms with E-state index in [0.29, 0.717) is 23.5 Å². The highest BCUT2D eigenvalue weighted by molar-refractivity contribution is 6.14. The number of rotatable bonds is 3. The normalized spacial score (nSPS) is 24.0. The molecule has 1 amide bonds. The first-order chi connectivity index (χ1) is 13.9. The lowest BCUT2D eigenvalue weighted by molar-refractivity contribution is -0.123. The van der Waals surface area contributed by atoms with Gasteiger partial charge in [0.2, 0.25) is 0 Å². The smallest absolute Gasteiger partial charge is 0.255 e. The number of fused-ring (bicyclic) bond motifs is 1. The molecule has 0 spiro atoms. The monoisotopic (exact) mass is 387 g/mol. The Morgan fingerprint density at radius 1 is 1.00 bits per heavy atom. The van der Waals surface area contributed by atoms with Gasteiger partial charge in [-0.2, -0.15) is 0 Å². The largest absolute Gasteiger partial charge is 0.307 e. The van der Waals surface area contributed by atoms with Crippen LogP contribution in [0.2, 0.25) is 0 Å². The Morgan fingerprint density at radius 2 is 1.76 bits per heavy atom. The molecule has 0 radical (unpaired) electrons. The summed E-state index contributed by atoms with van der Waals surface area (Å²) in [6, 6.07) is 15.3. The zero-order valence-corrected chi connectivity index (χ0v) is 17.0. The van der Waals surface area contributed by atoms with Crippen LogP contribution in [-0.2, 0) is 9.59 Å². The lowest BCUT2D eigenvalue weighted by Gasteiger charge is -2.37. The Balaban J connectivity index is 1.79. The van der Waals surface area contributed by atoms with E-state index in [2.05, 4.69) is 17.2 Å². The Labute approximate surface area is 171 Å². The number of Topliss-reactive ketones (excluding diaryl/α,β-unsaturated/α-hetero) is 1. The number of nitrogens with one attached hydrogen (secondary N) is 1. The fourth-order valence-corrected chi connectivity index (χ4v) is 4.49. The highest BCUT2D eigenvalue weighted by Crippen LogP contribution is 2.43. The molecule has 1 N–H and O–H groups in total. The second-order valence-corrected chi connectivity index (χ2v) is 8.07. The van der Waals surface area contributed by atoms with Gasteiger partial charge < -0.3 is 5.32 Å². The molecule has 1 aliphatic heterocycles. The van der Waals surface area contributed by atoms with E-state index in [1.807, 2.05) is 56.3 Å². The van der Waals surface area contributed by atoms with Crippen LogP contribution in [0.1, 0.15) is 43.9 Å². The molecule has 1 aliphatic carbocycles. The van der Waals surface area contributed by atoms with Crippen molar-refractivity contribution in [1.82, 2.24) is 4.98 Å². The van der Waals surface area contributed by atoms with Crippen molar-refractivity contribution in [1.29, 1.82) is 0 Å². The van der Waals surface area contributed by atoms with Crippen LogP contribution in [-0.4, -0.2) is 22.4 Å². The number of anilines is 1. The van der Waals surface area contributed by atoms with Crippen molar-refractivity contribution in [2.45, 2.75) is 39.5 Å². The number of aryl methyl sites for hydroxylation is 1. The molecule has 5 nitrogen and oxygen atoms in total. The maximum atomic E-state index is 13.3. The number of pyridine rings is 1. The Morgan fingerprint density at radius 3 is 2.48 bits per heavy atom. The molecule has 2 heterocycles. The molecule has 1 saturated carbocycles. The number of allylic oxidation sites excluding steroid dienone is 1. The molecule has 3 atom stereocenters. The van der Waals surface area contributed by atoms with Gasteiger partial charge in [-0.3, -0.25) is 14.6 Å². The fraction of sp³-hybridized carbons (Fsp3) is 0.333. The topological polar surface area (TPSA) is 71.4 Å². The number of carbonyl (C=O) groups is 2. The van der Waals surface area contributed by atoms with Gasteiger partial charge in [0.15, 0.2) is 0 Å². The first-order valence-electron chi connectivity index (χ1n) is 10.0. The van der Waals surface area contributed by atoms with Gasteiger partial charge in [0.1, 0.15) is 11.6 Å². The van der Waals surface area contributed by atoms with Crippen molar-refractivity contribution < 1.29 is 9.59 Å². The summed E-state index contributed by atoms with van der Waals surface area (Å²) in [6.45, 7) is 5.83. The predicted molar refractivity (Wildman–Crippen MR) is 114 cm³/mol. The molecule has 0 bridgehead atoms. The summed E-state index contributed by atoms with van der Waals surface area (Å²) >= 11 is 0. The molecule has 0 unspecified atom stereocenters. The molecule has 29 heavy (non-hydrogen) atoms. The third-order valence-electron chi connectivity index (χ3n) is 5.69. The minimum absolute atomic E-state index is 0.169. The van der Waals surface area contributed by atoms with Gasteiger partial charge in [-0.15, -0.1) is 0 Å². The second kappa shape index (κ2) is 7.74. The fourth-order valence-electron chi connectivity index (χ4n) is 4.49. The van der Waals surface area contributed by atoms with Crippen LogP contribution in [0.25, 0.3) is 0 Å². The third-order valence-corrected chi connectivity index (χ3v) is 5.69. The van der Waals surface area contributed by atoms with Crippen LogP contribution in [0.3, 0.4) is 0 Å². The molecule has 2 aromatic rings. The maximum absolute atomic E-state index is 13.3. The maximum Gasteiger partial charge on any atom is 0.255 e. The molecule has 148 valence electrons. The zero-order valence-electron chi connectivity index (χ0n) is 17.0. The lowest BCUT2D eigenvalue weighted by Crippen LogP contribution is -2.41. The molecule has 0 saturated heterocycles. The summed E-state index contributed by atoms with van der Waals surface area (Å²) in [5.74, 6) is 0.0117. The number of aromatic nitrogens is 1. The van der Waals surface area contributed by atoms with Crippen LogP contribution < -0.4 is 5.32 Å². The van der Waals surface area contributed by atoms with Gasteiger partial charge in [-0.1, -0.05) is 43.3 Å². The first-order valence-corrected chi connectivity index (χ1v) is 10.0. The van der Waals surface area contributed by atoms with Crippen molar-refractivity contribution in [3.8, 4) is 0 Å². The second-order valence-electron chi connectivity index (χ2n) is 8.07. The standard InChI is InChI=1S/C24H25N3O2/c1-14-12-18-23(19(28)13-14)22(17-9-5-4-6-10-17)21(16(3)26-18)24(29)27-20-11-7-8-15(2)25-20/h4-11,14,22-23H,12-13H2,1-3H3,(H,25,27,29)/t14-,22+,23-/m0/s1. The van der Waals surface area contributed by atoms with Crippen LogP contribution in [0, 0.1) is 18.8 Å². The number of nitrogens with zero attached hydrogens (tertiary/aromatic N) is 2. The Bertz CT molecular complexity index is 1020. The number of hydrogen-bond acceptors (Lipinski definition) is 4. The number of benzene rings is 1. The van der Waals surface area contributed by atoms with E-state index in [4.69, 9.17) is 4.99 Å². The average Bonchev–Trinajstić information content (AvgIpc) is 2.67. The van der Waals surface area contributed by atoms with Crippen molar-refractivity contribution in [2.75, 3.05) is 5.32 Å². The molecule has 2 aliphatic rings. The molecular weight excluding hydrogens is 362 g/mol. The predicted octanol–water partition coefficient (Wildman–Crippen LogP) is 4.46. The minimum atomic E-state index is -0.372. The quantitative estimate of drug-likeness (QED) is 0.845. The zero-order chi connectivity index (χ0) is 20.5. The van der Waals surface area contributed by atoms with E-state index in [1.54, 1.807) is 6.07 Å². The lowest BCUT2D eigenvalue weighted by atomic mass is 9.67. The summed E-state index contributed by atoms with van der Waals surface area (Å²) in [4.78, 5) is 35.5. The number of aliphatic imine (C=N–C) groups is 1. The number of carbonyl (C=O) groups excluding carboxylic acids is 2. The van der Waals surface area contributed by atoms with Crippen molar-refractivity contribution in [3.05, 3.63) is 71.1 Å². The van der Waals surface area contributed by atoms with Crippen molar-refractivity contribution in [3.63, 3.8) is 0 Å². The minimum Gasteiger partial charge on any atom is -0.307 e. The van der Waals surface area contributed by atoms with E-state index in [0.717, 1.165) is 23.4 Å². The molecule has 1 fully saturated rings. The summed E-state index contributed by atoms with van der Waals surface area (Å²) in [7, 11) is 0. The highest BCUT2D eigenvalue weighted by atomic mass is 16.2. The van der Waals surface area contributed by atoms with Crippen LogP contribution in [0.15, 0.2) is 64.8 Å². The van der Waals surface area contributed by atoms with E-state index in [1.165, 1.54) is 0 Å².